The normalized spacial score (nSPS) is 13.6. The molecule has 37 heavy (non-hydrogen) atoms. The number of ether oxygens (including phenoxy) is 1. The molecule has 8 nitrogen and oxygen atoms in total. The number of benzene rings is 3. The number of hydrogen-bond acceptors (Lipinski definition) is 8. The van der Waals surface area contributed by atoms with Crippen molar-refractivity contribution < 1.29 is 4.74 Å². The van der Waals surface area contributed by atoms with Crippen LogP contribution in [0.3, 0.4) is 0 Å². The zero-order valence-corrected chi connectivity index (χ0v) is 21.2. The van der Waals surface area contributed by atoms with Gasteiger partial charge in [-0.1, -0.05) is 54.1 Å². The Hall–Kier alpha value is -4.04. The molecule has 0 atom stereocenters. The molecule has 1 saturated heterocycles. The summed E-state index contributed by atoms with van der Waals surface area (Å²) in [5.74, 6) is 2.16. The van der Waals surface area contributed by atoms with Gasteiger partial charge in [0, 0.05) is 23.8 Å². The van der Waals surface area contributed by atoms with Crippen molar-refractivity contribution >= 4 is 35.1 Å². The number of azo groups is 1. The minimum Gasteiger partial charge on any atom is -0.489 e. The van der Waals surface area contributed by atoms with Gasteiger partial charge in [-0.15, -0.1) is 5.11 Å². The lowest BCUT2D eigenvalue weighted by molar-refractivity contribution is 0.306. The van der Waals surface area contributed by atoms with Crippen molar-refractivity contribution in [3.05, 3.63) is 95.0 Å². The van der Waals surface area contributed by atoms with Gasteiger partial charge in [-0.05, 0) is 66.8 Å². The molecule has 0 spiro atoms. The lowest BCUT2D eigenvalue weighted by Crippen LogP contribution is -2.31. The fourth-order valence-electron chi connectivity index (χ4n) is 3.96. The Morgan fingerprint density at radius 2 is 1.54 bits per heavy atom. The van der Waals surface area contributed by atoms with Crippen LogP contribution in [-0.2, 0) is 13.2 Å². The Morgan fingerprint density at radius 1 is 0.811 bits per heavy atom. The van der Waals surface area contributed by atoms with Crippen LogP contribution in [0.4, 0.5) is 23.5 Å². The molecule has 1 aliphatic heterocycles. The molecule has 188 valence electrons. The van der Waals surface area contributed by atoms with Gasteiger partial charge < -0.3 is 15.0 Å². The minimum absolute atomic E-state index is 0.289. The van der Waals surface area contributed by atoms with Crippen LogP contribution >= 0.6 is 11.6 Å². The van der Waals surface area contributed by atoms with E-state index < -0.39 is 0 Å². The van der Waals surface area contributed by atoms with Crippen LogP contribution in [0.15, 0.2) is 89.1 Å². The van der Waals surface area contributed by atoms with E-state index in [1.165, 1.54) is 6.42 Å². The molecule has 9 heteroatoms. The molecule has 1 fully saturated rings. The molecule has 0 unspecified atom stereocenters. The van der Waals surface area contributed by atoms with E-state index in [0.29, 0.717) is 30.1 Å². The van der Waals surface area contributed by atoms with Crippen molar-refractivity contribution in [3.8, 4) is 5.75 Å². The van der Waals surface area contributed by atoms with Crippen molar-refractivity contribution in [2.75, 3.05) is 23.3 Å². The van der Waals surface area contributed by atoms with Gasteiger partial charge in [0.2, 0.25) is 11.9 Å². The monoisotopic (exact) mass is 513 g/mol. The third kappa shape index (κ3) is 7.24. The highest BCUT2D eigenvalue weighted by atomic mass is 35.5. The predicted molar refractivity (Wildman–Crippen MR) is 146 cm³/mol. The average Bonchev–Trinajstić information content (AvgIpc) is 2.94. The van der Waals surface area contributed by atoms with Gasteiger partial charge in [-0.2, -0.15) is 20.1 Å². The first kappa shape index (κ1) is 24.6. The van der Waals surface area contributed by atoms with E-state index in [1.54, 1.807) is 0 Å². The van der Waals surface area contributed by atoms with Crippen LogP contribution in [0.1, 0.15) is 30.4 Å². The number of nitrogens with zero attached hydrogens (tertiary/aromatic N) is 6. The Balaban J connectivity index is 1.24. The van der Waals surface area contributed by atoms with Crippen molar-refractivity contribution in [1.29, 1.82) is 0 Å². The SMILES string of the molecule is Clc1ccc(COc2ccc(CN=Nc3nc(Nc4ccccc4)nc(N4CCCCC4)n3)cc2)cc1. The minimum atomic E-state index is 0.289. The van der Waals surface area contributed by atoms with Crippen molar-refractivity contribution in [2.45, 2.75) is 32.4 Å². The smallest absolute Gasteiger partial charge is 0.275 e. The number of rotatable bonds is 9. The molecular weight excluding hydrogens is 486 g/mol. The maximum Gasteiger partial charge on any atom is 0.275 e. The van der Waals surface area contributed by atoms with Crippen LogP contribution in [0.25, 0.3) is 0 Å². The van der Waals surface area contributed by atoms with Crippen molar-refractivity contribution in [3.63, 3.8) is 0 Å². The maximum atomic E-state index is 5.94. The first-order valence-electron chi connectivity index (χ1n) is 12.4. The standard InChI is InChI=1S/C28H28ClN7O/c29-23-13-9-22(10-14-23)20-37-25-15-11-21(12-16-25)19-30-35-27-32-26(31-24-7-3-1-4-8-24)33-28(34-27)36-17-5-2-6-18-36/h1,3-4,7-16H,2,5-6,17-20H2,(H,31,32,33,34). The fourth-order valence-corrected chi connectivity index (χ4v) is 4.09. The number of anilines is 3. The Labute approximate surface area is 221 Å². The molecule has 0 amide bonds. The number of halogens is 1. The number of aromatic nitrogens is 3. The second-order valence-electron chi connectivity index (χ2n) is 8.76. The molecule has 0 bridgehead atoms. The fraction of sp³-hybridized carbons (Fsp3) is 0.250. The Morgan fingerprint density at radius 3 is 2.30 bits per heavy atom. The lowest BCUT2D eigenvalue weighted by Gasteiger charge is -2.26. The largest absolute Gasteiger partial charge is 0.489 e. The number of nitrogens with one attached hydrogen (secondary N) is 1. The van der Waals surface area contributed by atoms with Gasteiger partial charge >= 0.3 is 0 Å². The van der Waals surface area contributed by atoms with E-state index in [-0.39, 0.29) is 5.95 Å². The number of hydrogen-bond donors (Lipinski definition) is 1. The molecule has 0 saturated carbocycles. The van der Waals surface area contributed by atoms with E-state index in [4.69, 9.17) is 16.3 Å². The molecule has 3 aromatic carbocycles. The Kier molecular flexibility index (Phi) is 8.18. The summed E-state index contributed by atoms with van der Waals surface area (Å²) in [6, 6.07) is 25.3. The lowest BCUT2D eigenvalue weighted by atomic mass is 10.1. The molecule has 1 aliphatic rings. The Bertz CT molecular complexity index is 1310. The third-order valence-corrected chi connectivity index (χ3v) is 6.19. The van der Waals surface area contributed by atoms with Gasteiger partial charge in [0.05, 0.1) is 6.54 Å². The number of piperidine rings is 1. The molecule has 1 N–H and O–H groups in total. The summed E-state index contributed by atoms with van der Waals surface area (Å²) >= 11 is 5.94. The summed E-state index contributed by atoms with van der Waals surface area (Å²) in [5, 5.41) is 12.6. The van der Waals surface area contributed by atoms with Gasteiger partial charge in [-0.3, -0.25) is 0 Å². The average molecular weight is 514 g/mol. The van der Waals surface area contributed by atoms with Gasteiger partial charge in [0.15, 0.2) is 0 Å². The zero-order valence-electron chi connectivity index (χ0n) is 20.4. The molecule has 1 aromatic heterocycles. The van der Waals surface area contributed by atoms with Gasteiger partial charge in [0.25, 0.3) is 5.95 Å². The van der Waals surface area contributed by atoms with Gasteiger partial charge in [0.1, 0.15) is 12.4 Å². The van der Waals surface area contributed by atoms with E-state index >= 15 is 0 Å². The molecule has 0 aliphatic carbocycles. The second-order valence-corrected chi connectivity index (χ2v) is 9.19. The third-order valence-electron chi connectivity index (χ3n) is 5.94. The van der Waals surface area contributed by atoms with Crippen LogP contribution in [-0.4, -0.2) is 28.0 Å². The van der Waals surface area contributed by atoms with Crippen LogP contribution in [0.2, 0.25) is 5.02 Å². The van der Waals surface area contributed by atoms with Crippen LogP contribution < -0.4 is 15.0 Å². The van der Waals surface area contributed by atoms with Crippen molar-refractivity contribution in [2.24, 2.45) is 10.2 Å². The molecule has 5 rings (SSSR count). The maximum absolute atomic E-state index is 5.94. The highest BCUT2D eigenvalue weighted by molar-refractivity contribution is 6.30. The summed E-state index contributed by atoms with van der Waals surface area (Å²) in [6.07, 6.45) is 3.49. The first-order valence-corrected chi connectivity index (χ1v) is 12.8. The highest BCUT2D eigenvalue weighted by Gasteiger charge is 2.16. The van der Waals surface area contributed by atoms with Crippen LogP contribution in [0, 0.1) is 0 Å². The first-order chi connectivity index (χ1) is 18.2. The number of para-hydroxylation sites is 1. The molecule has 2 heterocycles. The predicted octanol–water partition coefficient (Wildman–Crippen LogP) is 7.12. The molecule has 4 aromatic rings. The summed E-state index contributed by atoms with van der Waals surface area (Å²) < 4.78 is 5.86. The molecular formula is C28H28ClN7O. The summed E-state index contributed by atoms with van der Waals surface area (Å²) in [5.41, 5.74) is 2.97. The van der Waals surface area contributed by atoms with Gasteiger partial charge in [-0.25, -0.2) is 0 Å². The second kappa shape index (κ2) is 12.3. The van der Waals surface area contributed by atoms with E-state index in [2.05, 4.69) is 35.4 Å². The van der Waals surface area contributed by atoms with Crippen LogP contribution in [0.5, 0.6) is 5.75 Å². The van der Waals surface area contributed by atoms with Crippen molar-refractivity contribution in [1.82, 2.24) is 15.0 Å². The summed E-state index contributed by atoms with van der Waals surface area (Å²) in [6.45, 7) is 2.74. The van der Waals surface area contributed by atoms with E-state index in [9.17, 15) is 0 Å². The van der Waals surface area contributed by atoms with E-state index in [0.717, 1.165) is 48.5 Å². The molecule has 0 radical (unpaired) electrons. The highest BCUT2D eigenvalue weighted by Crippen LogP contribution is 2.22. The summed E-state index contributed by atoms with van der Waals surface area (Å²) in [4.78, 5) is 15.9. The quantitative estimate of drug-likeness (QED) is 0.240. The zero-order chi connectivity index (χ0) is 25.3. The summed E-state index contributed by atoms with van der Waals surface area (Å²) in [7, 11) is 0. The van der Waals surface area contributed by atoms with E-state index in [1.807, 2.05) is 78.9 Å². The topological polar surface area (TPSA) is 87.9 Å².